The fraction of sp³-hybridized carbons (Fsp3) is 0.333. The van der Waals surface area contributed by atoms with Crippen molar-refractivity contribution in [3.63, 3.8) is 0 Å². The van der Waals surface area contributed by atoms with Crippen LogP contribution >= 0.6 is 23.2 Å². The first kappa shape index (κ1) is 9.51. The van der Waals surface area contributed by atoms with Gasteiger partial charge in [0, 0.05) is 11.1 Å². The maximum atomic E-state index is 10.4. The average molecular weight is 210 g/mol. The van der Waals surface area contributed by atoms with Crippen LogP contribution in [0.25, 0.3) is 0 Å². The van der Waals surface area contributed by atoms with Gasteiger partial charge in [-0.2, -0.15) is 0 Å². The summed E-state index contributed by atoms with van der Waals surface area (Å²) in [4.78, 5) is 7.60. The maximum absolute atomic E-state index is 10.4. The zero-order valence-electron chi connectivity index (χ0n) is 5.78. The van der Waals surface area contributed by atoms with E-state index in [0.29, 0.717) is 0 Å². The van der Waals surface area contributed by atoms with Gasteiger partial charge >= 0.3 is 5.00 Å². The molecule has 0 aromatic heterocycles. The Kier molecular flexibility index (Phi) is 2.41. The van der Waals surface area contributed by atoms with Crippen molar-refractivity contribution in [2.75, 3.05) is 0 Å². The third-order valence-corrected chi connectivity index (χ3v) is 2.18. The standard InChI is InChI=1S/C6H5Cl2NO3/c7-4-1-2-5(10)6(8,3-4)9(11)12/h1-3,5,10H. The molecule has 0 radical (unpaired) electrons. The van der Waals surface area contributed by atoms with Crippen molar-refractivity contribution in [3.05, 3.63) is 33.4 Å². The van der Waals surface area contributed by atoms with E-state index in [4.69, 9.17) is 28.3 Å². The lowest BCUT2D eigenvalue weighted by Crippen LogP contribution is -2.42. The zero-order chi connectivity index (χ0) is 9.35. The molecule has 0 aromatic rings. The molecule has 66 valence electrons. The molecule has 0 saturated heterocycles. The van der Waals surface area contributed by atoms with E-state index in [2.05, 4.69) is 0 Å². The number of alkyl halides is 1. The summed E-state index contributed by atoms with van der Waals surface area (Å²) in [6, 6.07) is 0. The van der Waals surface area contributed by atoms with Crippen LogP contribution in [0.1, 0.15) is 0 Å². The molecule has 0 fully saturated rings. The summed E-state index contributed by atoms with van der Waals surface area (Å²) in [5.41, 5.74) is 0. The number of nitrogens with zero attached hydrogens (tertiary/aromatic N) is 1. The monoisotopic (exact) mass is 209 g/mol. The first-order valence-corrected chi connectivity index (χ1v) is 3.80. The third-order valence-electron chi connectivity index (χ3n) is 1.47. The minimum Gasteiger partial charge on any atom is -0.380 e. The van der Waals surface area contributed by atoms with Crippen LogP contribution in [0, 0.1) is 10.1 Å². The summed E-state index contributed by atoms with van der Waals surface area (Å²) in [5, 5.41) is 19.7. The van der Waals surface area contributed by atoms with Gasteiger partial charge in [0.05, 0.1) is 4.92 Å². The number of hydrogen-bond acceptors (Lipinski definition) is 3. The molecule has 6 heteroatoms. The highest BCUT2D eigenvalue weighted by Gasteiger charge is 2.46. The van der Waals surface area contributed by atoms with E-state index in [1.165, 1.54) is 12.2 Å². The number of halogens is 2. The van der Waals surface area contributed by atoms with Crippen LogP contribution in [0.15, 0.2) is 23.3 Å². The van der Waals surface area contributed by atoms with E-state index in [0.717, 1.165) is 6.08 Å². The van der Waals surface area contributed by atoms with Gasteiger partial charge in [-0.3, -0.25) is 10.1 Å². The van der Waals surface area contributed by atoms with Crippen molar-refractivity contribution in [3.8, 4) is 0 Å². The number of rotatable bonds is 1. The molecule has 1 rings (SSSR count). The smallest absolute Gasteiger partial charge is 0.344 e. The molecule has 0 spiro atoms. The van der Waals surface area contributed by atoms with Crippen molar-refractivity contribution < 1.29 is 10.0 Å². The quantitative estimate of drug-likeness (QED) is 0.306. The Morgan fingerprint density at radius 2 is 2.33 bits per heavy atom. The summed E-state index contributed by atoms with van der Waals surface area (Å²) < 4.78 is 0. The highest BCUT2D eigenvalue weighted by molar-refractivity contribution is 6.33. The molecule has 4 nitrogen and oxygen atoms in total. The molecule has 2 atom stereocenters. The van der Waals surface area contributed by atoms with Gasteiger partial charge in [-0.1, -0.05) is 11.6 Å². The Balaban J connectivity index is 3.05. The molecular weight excluding hydrogens is 205 g/mol. The Morgan fingerprint density at radius 3 is 2.75 bits per heavy atom. The number of allylic oxidation sites excluding steroid dienone is 2. The van der Waals surface area contributed by atoms with Gasteiger partial charge < -0.3 is 5.11 Å². The van der Waals surface area contributed by atoms with E-state index < -0.39 is 16.0 Å². The van der Waals surface area contributed by atoms with E-state index in [1.807, 2.05) is 0 Å². The lowest BCUT2D eigenvalue weighted by molar-refractivity contribution is -0.537. The van der Waals surface area contributed by atoms with Crippen LogP contribution in [0.3, 0.4) is 0 Å². The number of hydrogen-bond donors (Lipinski definition) is 1. The molecule has 1 aliphatic rings. The molecule has 0 aromatic carbocycles. The normalized spacial score (nSPS) is 34.6. The minimum atomic E-state index is -2.02. The summed E-state index contributed by atoms with van der Waals surface area (Å²) in [5.74, 6) is 0. The lowest BCUT2D eigenvalue weighted by atomic mass is 10.1. The van der Waals surface area contributed by atoms with E-state index in [9.17, 15) is 10.1 Å². The van der Waals surface area contributed by atoms with E-state index in [-0.39, 0.29) is 5.03 Å². The maximum Gasteiger partial charge on any atom is 0.344 e. The highest BCUT2D eigenvalue weighted by atomic mass is 35.5. The topological polar surface area (TPSA) is 63.4 Å². The van der Waals surface area contributed by atoms with Crippen LogP contribution in [-0.4, -0.2) is 21.1 Å². The van der Waals surface area contributed by atoms with Crippen molar-refractivity contribution >= 4 is 23.2 Å². The van der Waals surface area contributed by atoms with E-state index >= 15 is 0 Å². The largest absolute Gasteiger partial charge is 0.380 e. The fourth-order valence-corrected chi connectivity index (χ4v) is 1.29. The van der Waals surface area contributed by atoms with Crippen LogP contribution in [0.5, 0.6) is 0 Å². The minimum absolute atomic E-state index is 0.145. The Labute approximate surface area is 78.2 Å². The number of aliphatic hydroxyl groups is 1. The summed E-state index contributed by atoms with van der Waals surface area (Å²) >= 11 is 11.0. The molecular formula is C6H5Cl2NO3. The second-order valence-corrected chi connectivity index (χ2v) is 3.36. The Morgan fingerprint density at radius 1 is 1.75 bits per heavy atom. The Hall–Kier alpha value is -0.580. The molecule has 0 saturated carbocycles. The van der Waals surface area contributed by atoms with Crippen LogP contribution in [-0.2, 0) is 0 Å². The van der Waals surface area contributed by atoms with Crippen molar-refractivity contribution in [1.29, 1.82) is 0 Å². The van der Waals surface area contributed by atoms with Gasteiger partial charge in [0.25, 0.3) is 0 Å². The molecule has 0 bridgehead atoms. The molecule has 12 heavy (non-hydrogen) atoms. The van der Waals surface area contributed by atoms with Crippen LogP contribution in [0.2, 0.25) is 0 Å². The number of aliphatic hydroxyl groups excluding tert-OH is 1. The molecule has 0 amide bonds. The molecule has 0 heterocycles. The van der Waals surface area contributed by atoms with Gasteiger partial charge in [-0.25, -0.2) is 0 Å². The predicted molar refractivity (Wildman–Crippen MR) is 44.7 cm³/mol. The zero-order valence-corrected chi connectivity index (χ0v) is 7.29. The molecule has 1 aliphatic carbocycles. The lowest BCUT2D eigenvalue weighted by Gasteiger charge is -2.20. The molecule has 2 unspecified atom stereocenters. The van der Waals surface area contributed by atoms with Gasteiger partial charge in [-0.05, 0) is 23.8 Å². The van der Waals surface area contributed by atoms with Gasteiger partial charge in [-0.15, -0.1) is 0 Å². The second kappa shape index (κ2) is 3.05. The van der Waals surface area contributed by atoms with Crippen LogP contribution in [0.4, 0.5) is 0 Å². The first-order valence-electron chi connectivity index (χ1n) is 3.05. The fourth-order valence-electron chi connectivity index (χ4n) is 0.806. The van der Waals surface area contributed by atoms with Gasteiger partial charge in [0.2, 0.25) is 0 Å². The summed E-state index contributed by atoms with van der Waals surface area (Å²) in [7, 11) is 0. The second-order valence-electron chi connectivity index (χ2n) is 2.32. The van der Waals surface area contributed by atoms with Gasteiger partial charge in [0.1, 0.15) is 0 Å². The van der Waals surface area contributed by atoms with E-state index in [1.54, 1.807) is 0 Å². The highest BCUT2D eigenvalue weighted by Crippen LogP contribution is 2.30. The molecule has 1 N–H and O–H groups in total. The third kappa shape index (κ3) is 1.46. The van der Waals surface area contributed by atoms with Crippen molar-refractivity contribution in [2.45, 2.75) is 11.1 Å². The van der Waals surface area contributed by atoms with Crippen LogP contribution < -0.4 is 0 Å². The summed E-state index contributed by atoms with van der Waals surface area (Å²) in [6.07, 6.45) is 2.19. The Bertz CT molecular complexity index is 276. The predicted octanol–water partition coefficient (Wildman–Crippen LogP) is 1.25. The average Bonchev–Trinajstić information content (AvgIpc) is 1.97. The van der Waals surface area contributed by atoms with Crippen molar-refractivity contribution in [2.24, 2.45) is 0 Å². The van der Waals surface area contributed by atoms with Gasteiger partial charge in [0.15, 0.2) is 6.10 Å². The first-order chi connectivity index (χ1) is 5.47. The van der Waals surface area contributed by atoms with Crippen molar-refractivity contribution in [1.82, 2.24) is 0 Å². The summed E-state index contributed by atoms with van der Waals surface area (Å²) in [6.45, 7) is 0. The SMILES string of the molecule is O=[N+]([O-])C1(Cl)C=C(Cl)C=CC1O. The number of nitro groups is 1. The molecule has 0 aliphatic heterocycles.